The van der Waals surface area contributed by atoms with E-state index >= 15 is 0 Å². The average molecular weight is 369 g/mol. The molecule has 0 fully saturated rings. The number of thiazole rings is 1. The number of nitrogens with two attached hydrogens (primary N) is 1. The standard InChI is InChI=1S/C16H20N4O2S.ClH/c1-20(2)16(22)12-5-3-4-11(8-12)6-7-18-15(21)13-10-23-14(9-17)19-13;/h3-5,8,10H,6-7,9,17H2,1-2H3,(H,18,21);1H. The van der Waals surface area contributed by atoms with Crippen molar-refractivity contribution in [1.29, 1.82) is 0 Å². The Hall–Kier alpha value is -1.96. The van der Waals surface area contributed by atoms with Crippen molar-refractivity contribution in [2.75, 3.05) is 20.6 Å². The van der Waals surface area contributed by atoms with Gasteiger partial charge < -0.3 is 16.0 Å². The molecule has 0 bridgehead atoms. The molecule has 0 unspecified atom stereocenters. The van der Waals surface area contributed by atoms with Crippen molar-refractivity contribution in [1.82, 2.24) is 15.2 Å². The number of carbonyl (C=O) groups is 2. The first-order chi connectivity index (χ1) is 11.0. The average Bonchev–Trinajstić information content (AvgIpc) is 3.03. The number of carbonyl (C=O) groups excluding carboxylic acids is 2. The summed E-state index contributed by atoms with van der Waals surface area (Å²) in [6, 6.07) is 7.42. The maximum atomic E-state index is 12.0. The molecule has 2 amide bonds. The maximum absolute atomic E-state index is 12.0. The van der Waals surface area contributed by atoms with Gasteiger partial charge in [-0.15, -0.1) is 23.7 Å². The molecule has 8 heteroatoms. The first-order valence-electron chi connectivity index (χ1n) is 7.24. The number of hydrogen-bond donors (Lipinski definition) is 2. The van der Waals surface area contributed by atoms with Crippen molar-refractivity contribution in [3.63, 3.8) is 0 Å². The monoisotopic (exact) mass is 368 g/mol. The number of rotatable bonds is 6. The van der Waals surface area contributed by atoms with E-state index in [-0.39, 0.29) is 24.2 Å². The number of aromatic nitrogens is 1. The van der Waals surface area contributed by atoms with Crippen LogP contribution in [-0.4, -0.2) is 42.3 Å². The van der Waals surface area contributed by atoms with Crippen LogP contribution < -0.4 is 11.1 Å². The topological polar surface area (TPSA) is 88.3 Å². The van der Waals surface area contributed by atoms with Gasteiger partial charge in [-0.3, -0.25) is 9.59 Å². The molecule has 0 saturated heterocycles. The molecule has 130 valence electrons. The minimum atomic E-state index is -0.207. The summed E-state index contributed by atoms with van der Waals surface area (Å²) in [6.07, 6.45) is 0.647. The highest BCUT2D eigenvalue weighted by Gasteiger charge is 2.10. The summed E-state index contributed by atoms with van der Waals surface area (Å²) in [5.41, 5.74) is 7.52. The molecule has 0 saturated carbocycles. The Balaban J connectivity index is 0.00000288. The lowest BCUT2D eigenvalue weighted by Crippen LogP contribution is -2.26. The molecule has 6 nitrogen and oxygen atoms in total. The van der Waals surface area contributed by atoms with Gasteiger partial charge in [-0.2, -0.15) is 0 Å². The van der Waals surface area contributed by atoms with Crippen molar-refractivity contribution in [2.45, 2.75) is 13.0 Å². The van der Waals surface area contributed by atoms with Crippen molar-refractivity contribution in [3.8, 4) is 0 Å². The minimum Gasteiger partial charge on any atom is -0.350 e. The van der Waals surface area contributed by atoms with E-state index in [1.54, 1.807) is 25.5 Å². The number of nitrogens with one attached hydrogen (secondary N) is 1. The second-order valence-corrected chi connectivity index (χ2v) is 6.18. The zero-order chi connectivity index (χ0) is 16.8. The number of benzene rings is 1. The molecular weight excluding hydrogens is 348 g/mol. The lowest BCUT2D eigenvalue weighted by atomic mass is 10.1. The summed E-state index contributed by atoms with van der Waals surface area (Å²) in [5.74, 6) is -0.242. The van der Waals surface area contributed by atoms with E-state index in [0.717, 1.165) is 10.6 Å². The first kappa shape index (κ1) is 20.1. The molecule has 1 heterocycles. The van der Waals surface area contributed by atoms with Gasteiger partial charge in [0.1, 0.15) is 10.7 Å². The molecular formula is C16H21ClN4O2S. The van der Waals surface area contributed by atoms with E-state index in [1.165, 1.54) is 16.2 Å². The fourth-order valence-corrected chi connectivity index (χ4v) is 2.69. The molecule has 0 atom stereocenters. The molecule has 0 aliphatic heterocycles. The molecule has 3 N–H and O–H groups in total. The number of hydrogen-bond acceptors (Lipinski definition) is 5. The van der Waals surface area contributed by atoms with Crippen LogP contribution >= 0.6 is 23.7 Å². The highest BCUT2D eigenvalue weighted by atomic mass is 35.5. The Kier molecular flexibility index (Phi) is 7.84. The van der Waals surface area contributed by atoms with Gasteiger partial charge in [0.15, 0.2) is 0 Å². The van der Waals surface area contributed by atoms with Crippen molar-refractivity contribution >= 4 is 35.6 Å². The summed E-state index contributed by atoms with van der Waals surface area (Å²) in [4.78, 5) is 29.6. The third-order valence-corrected chi connectivity index (χ3v) is 4.11. The van der Waals surface area contributed by atoms with Crippen LogP contribution in [0.2, 0.25) is 0 Å². The molecule has 0 radical (unpaired) electrons. The predicted molar refractivity (Wildman–Crippen MR) is 97.8 cm³/mol. The summed E-state index contributed by atoms with van der Waals surface area (Å²) in [6.45, 7) is 0.818. The Labute approximate surface area is 151 Å². The van der Waals surface area contributed by atoms with Gasteiger partial charge >= 0.3 is 0 Å². The maximum Gasteiger partial charge on any atom is 0.270 e. The van der Waals surface area contributed by atoms with Crippen molar-refractivity contribution in [2.24, 2.45) is 5.73 Å². The van der Waals surface area contributed by atoms with Gasteiger partial charge in [0, 0.05) is 38.1 Å². The lowest BCUT2D eigenvalue weighted by molar-refractivity contribution is 0.0827. The lowest BCUT2D eigenvalue weighted by Gasteiger charge is -2.11. The van der Waals surface area contributed by atoms with E-state index in [4.69, 9.17) is 5.73 Å². The number of halogens is 1. The van der Waals surface area contributed by atoms with Gasteiger partial charge in [-0.05, 0) is 24.1 Å². The third kappa shape index (κ3) is 5.30. The molecule has 1 aromatic carbocycles. The number of amides is 2. The Morgan fingerprint density at radius 2 is 2.08 bits per heavy atom. The SMILES string of the molecule is CN(C)C(=O)c1cccc(CCNC(=O)c2csc(CN)n2)c1.Cl. The highest BCUT2D eigenvalue weighted by Crippen LogP contribution is 2.10. The third-order valence-electron chi connectivity index (χ3n) is 3.24. The van der Waals surface area contributed by atoms with Crippen LogP contribution in [0.25, 0.3) is 0 Å². The van der Waals surface area contributed by atoms with Crippen molar-refractivity contribution in [3.05, 3.63) is 51.5 Å². The summed E-state index contributed by atoms with van der Waals surface area (Å²) in [5, 5.41) is 5.27. The van der Waals surface area contributed by atoms with E-state index in [0.29, 0.717) is 30.8 Å². The fraction of sp³-hybridized carbons (Fsp3) is 0.312. The van der Waals surface area contributed by atoms with Crippen LogP contribution in [0, 0.1) is 0 Å². The van der Waals surface area contributed by atoms with Gasteiger partial charge in [-0.25, -0.2) is 4.98 Å². The Morgan fingerprint density at radius 1 is 1.33 bits per heavy atom. The molecule has 2 rings (SSSR count). The summed E-state index contributed by atoms with van der Waals surface area (Å²) >= 11 is 1.38. The highest BCUT2D eigenvalue weighted by molar-refractivity contribution is 7.09. The van der Waals surface area contributed by atoms with Gasteiger partial charge in [0.05, 0.1) is 0 Å². The van der Waals surface area contributed by atoms with E-state index in [1.807, 2.05) is 18.2 Å². The van der Waals surface area contributed by atoms with Crippen LogP contribution in [-0.2, 0) is 13.0 Å². The van der Waals surface area contributed by atoms with Crippen LogP contribution in [0.4, 0.5) is 0 Å². The van der Waals surface area contributed by atoms with Crippen LogP contribution in [0.5, 0.6) is 0 Å². The van der Waals surface area contributed by atoms with Gasteiger partial charge in [-0.1, -0.05) is 12.1 Å². The Morgan fingerprint density at radius 3 is 2.71 bits per heavy atom. The normalized spacial score (nSPS) is 9.96. The smallest absolute Gasteiger partial charge is 0.270 e. The van der Waals surface area contributed by atoms with Crippen LogP contribution in [0.3, 0.4) is 0 Å². The zero-order valence-corrected chi connectivity index (χ0v) is 15.2. The van der Waals surface area contributed by atoms with E-state index in [2.05, 4.69) is 10.3 Å². The van der Waals surface area contributed by atoms with Crippen LogP contribution in [0.15, 0.2) is 29.6 Å². The van der Waals surface area contributed by atoms with Crippen LogP contribution in [0.1, 0.15) is 31.4 Å². The quantitative estimate of drug-likeness (QED) is 0.812. The van der Waals surface area contributed by atoms with Crippen molar-refractivity contribution < 1.29 is 9.59 Å². The summed E-state index contributed by atoms with van der Waals surface area (Å²) < 4.78 is 0. The molecule has 24 heavy (non-hydrogen) atoms. The fourth-order valence-electron chi connectivity index (χ4n) is 2.04. The van der Waals surface area contributed by atoms with Gasteiger partial charge in [0.2, 0.25) is 0 Å². The molecule has 0 aliphatic carbocycles. The largest absolute Gasteiger partial charge is 0.350 e. The van der Waals surface area contributed by atoms with E-state index < -0.39 is 0 Å². The second-order valence-electron chi connectivity index (χ2n) is 5.24. The predicted octanol–water partition coefficient (Wildman–Crippen LogP) is 1.70. The summed E-state index contributed by atoms with van der Waals surface area (Å²) in [7, 11) is 3.44. The minimum absolute atomic E-state index is 0. The number of nitrogens with zero attached hydrogens (tertiary/aromatic N) is 2. The van der Waals surface area contributed by atoms with E-state index in [9.17, 15) is 9.59 Å². The Bertz CT molecular complexity index is 703. The van der Waals surface area contributed by atoms with Gasteiger partial charge in [0.25, 0.3) is 11.8 Å². The second kappa shape index (κ2) is 9.36. The molecule has 1 aromatic heterocycles. The molecule has 2 aromatic rings. The molecule has 0 spiro atoms. The molecule has 0 aliphatic rings. The first-order valence-corrected chi connectivity index (χ1v) is 8.12. The zero-order valence-electron chi connectivity index (χ0n) is 13.6.